The highest BCUT2D eigenvalue weighted by molar-refractivity contribution is 7.81. The topological polar surface area (TPSA) is 16.1 Å². The molecular weight excluding hydrogens is 248 g/mol. The summed E-state index contributed by atoms with van der Waals surface area (Å²) in [7, 11) is 2.04. The van der Waals surface area contributed by atoms with Crippen molar-refractivity contribution in [3.63, 3.8) is 0 Å². The summed E-state index contributed by atoms with van der Waals surface area (Å²) in [5, 5.41) is 0. The molecule has 0 N–H and O–H groups in total. The van der Waals surface area contributed by atoms with Crippen molar-refractivity contribution in [2.75, 3.05) is 18.5 Å². The van der Waals surface area contributed by atoms with Gasteiger partial charge in [-0.3, -0.25) is 4.98 Å². The molecule has 0 aliphatic carbocycles. The molecule has 2 nitrogen and oxygen atoms in total. The number of pyridine rings is 1. The molecule has 0 bridgehead atoms. The standard InChI is InChI=1S/C13H14N2S2/c1-10-3-4-13(17-10)12(16)9-15(2)11-5-7-14-8-6-11/h3-8H,9H2,1-2H3. The number of aryl methyl sites for hydroxylation is 1. The summed E-state index contributed by atoms with van der Waals surface area (Å²) in [6.07, 6.45) is 3.59. The molecule has 0 aliphatic rings. The van der Waals surface area contributed by atoms with E-state index in [2.05, 4.69) is 28.9 Å². The summed E-state index contributed by atoms with van der Waals surface area (Å²) in [6.45, 7) is 2.86. The van der Waals surface area contributed by atoms with Crippen LogP contribution in [-0.2, 0) is 0 Å². The average Bonchev–Trinajstić information content (AvgIpc) is 2.77. The Morgan fingerprint density at radius 1 is 1.29 bits per heavy atom. The van der Waals surface area contributed by atoms with E-state index in [1.165, 1.54) is 9.75 Å². The van der Waals surface area contributed by atoms with Crippen LogP contribution in [0.3, 0.4) is 0 Å². The lowest BCUT2D eigenvalue weighted by atomic mass is 10.3. The lowest BCUT2D eigenvalue weighted by Gasteiger charge is -2.18. The maximum Gasteiger partial charge on any atom is 0.0542 e. The molecule has 0 fully saturated rings. The zero-order valence-electron chi connectivity index (χ0n) is 9.88. The Kier molecular flexibility index (Phi) is 3.86. The predicted molar refractivity (Wildman–Crippen MR) is 78.3 cm³/mol. The third-order valence-corrected chi connectivity index (χ3v) is 4.04. The third kappa shape index (κ3) is 3.11. The summed E-state index contributed by atoms with van der Waals surface area (Å²) in [5.41, 5.74) is 1.13. The van der Waals surface area contributed by atoms with Crippen molar-refractivity contribution in [3.05, 3.63) is 46.4 Å². The molecule has 2 rings (SSSR count). The van der Waals surface area contributed by atoms with Crippen molar-refractivity contribution in [1.29, 1.82) is 0 Å². The minimum Gasteiger partial charge on any atom is -0.369 e. The van der Waals surface area contributed by atoms with Crippen molar-refractivity contribution in [1.82, 2.24) is 4.98 Å². The fourth-order valence-electron chi connectivity index (χ4n) is 1.57. The molecule has 0 atom stereocenters. The zero-order valence-corrected chi connectivity index (χ0v) is 11.5. The van der Waals surface area contributed by atoms with Crippen LogP contribution in [0.25, 0.3) is 0 Å². The average molecular weight is 262 g/mol. The van der Waals surface area contributed by atoms with E-state index in [4.69, 9.17) is 12.2 Å². The number of nitrogens with zero attached hydrogens (tertiary/aromatic N) is 2. The highest BCUT2D eigenvalue weighted by atomic mass is 32.1. The monoisotopic (exact) mass is 262 g/mol. The summed E-state index contributed by atoms with van der Waals surface area (Å²) >= 11 is 7.22. The maximum atomic E-state index is 5.46. The Morgan fingerprint density at radius 3 is 2.59 bits per heavy atom. The molecule has 0 saturated heterocycles. The van der Waals surface area contributed by atoms with Gasteiger partial charge in [0.1, 0.15) is 0 Å². The molecule has 2 heterocycles. The second kappa shape index (κ2) is 5.38. The van der Waals surface area contributed by atoms with Gasteiger partial charge in [-0.05, 0) is 31.2 Å². The summed E-state index contributed by atoms with van der Waals surface area (Å²) in [5.74, 6) is 0. The van der Waals surface area contributed by atoms with E-state index in [1.54, 1.807) is 23.7 Å². The molecule has 17 heavy (non-hydrogen) atoms. The van der Waals surface area contributed by atoms with Gasteiger partial charge < -0.3 is 4.90 Å². The van der Waals surface area contributed by atoms with Gasteiger partial charge in [0.15, 0.2) is 0 Å². The molecule has 0 radical (unpaired) electrons. The van der Waals surface area contributed by atoms with Crippen molar-refractivity contribution in [2.24, 2.45) is 0 Å². The van der Waals surface area contributed by atoms with Gasteiger partial charge in [-0.1, -0.05) is 12.2 Å². The fraction of sp³-hybridized carbons (Fsp3) is 0.231. The molecule has 2 aromatic heterocycles. The van der Waals surface area contributed by atoms with Crippen LogP contribution in [0.4, 0.5) is 5.69 Å². The van der Waals surface area contributed by atoms with Gasteiger partial charge in [0, 0.05) is 34.9 Å². The zero-order chi connectivity index (χ0) is 12.3. The molecule has 0 spiro atoms. The van der Waals surface area contributed by atoms with Gasteiger partial charge in [0.2, 0.25) is 0 Å². The molecule has 0 aliphatic heterocycles. The van der Waals surface area contributed by atoms with E-state index in [0.717, 1.165) is 17.1 Å². The number of hydrogen-bond donors (Lipinski definition) is 0. The van der Waals surface area contributed by atoms with Crippen molar-refractivity contribution < 1.29 is 0 Å². The van der Waals surface area contributed by atoms with E-state index >= 15 is 0 Å². The summed E-state index contributed by atoms with van der Waals surface area (Å²) < 4.78 is 0. The van der Waals surface area contributed by atoms with Crippen LogP contribution in [0.1, 0.15) is 9.75 Å². The third-order valence-electron chi connectivity index (χ3n) is 2.50. The Bertz CT molecular complexity index is 505. The first-order chi connectivity index (χ1) is 8.16. The number of hydrogen-bond acceptors (Lipinski definition) is 4. The van der Waals surface area contributed by atoms with Crippen molar-refractivity contribution in [2.45, 2.75) is 6.92 Å². The Balaban J connectivity index is 2.04. The molecule has 0 saturated carbocycles. The van der Waals surface area contributed by atoms with Crippen LogP contribution < -0.4 is 4.90 Å². The van der Waals surface area contributed by atoms with E-state index in [0.29, 0.717) is 0 Å². The molecular formula is C13H14N2S2. The number of thiophene rings is 1. The van der Waals surface area contributed by atoms with Gasteiger partial charge in [-0.2, -0.15) is 0 Å². The van der Waals surface area contributed by atoms with E-state index < -0.39 is 0 Å². The molecule has 88 valence electrons. The van der Waals surface area contributed by atoms with Crippen molar-refractivity contribution in [3.8, 4) is 0 Å². The van der Waals surface area contributed by atoms with Gasteiger partial charge in [0.25, 0.3) is 0 Å². The van der Waals surface area contributed by atoms with Gasteiger partial charge in [-0.25, -0.2) is 0 Å². The lowest BCUT2D eigenvalue weighted by Crippen LogP contribution is -2.24. The van der Waals surface area contributed by atoms with Crippen LogP contribution in [0, 0.1) is 6.92 Å². The van der Waals surface area contributed by atoms with Crippen LogP contribution >= 0.6 is 23.6 Å². The molecule has 0 aromatic carbocycles. The number of rotatable bonds is 4. The number of thiocarbonyl (C=S) groups is 1. The lowest BCUT2D eigenvalue weighted by molar-refractivity contribution is 1.06. The first-order valence-electron chi connectivity index (χ1n) is 5.37. The number of aromatic nitrogens is 1. The first-order valence-corrected chi connectivity index (χ1v) is 6.60. The SMILES string of the molecule is Cc1ccc(C(=S)CN(C)c2ccncc2)s1. The first kappa shape index (κ1) is 12.2. The molecule has 0 unspecified atom stereocenters. The molecule has 0 amide bonds. The summed E-state index contributed by atoms with van der Waals surface area (Å²) in [4.78, 5) is 9.63. The number of likely N-dealkylation sites (N-methyl/N-ethyl adjacent to an activating group) is 1. The van der Waals surface area contributed by atoms with E-state index in [1.807, 2.05) is 19.2 Å². The van der Waals surface area contributed by atoms with Gasteiger partial charge in [-0.15, -0.1) is 11.3 Å². The minimum absolute atomic E-state index is 0.763. The highest BCUT2D eigenvalue weighted by Crippen LogP contribution is 2.18. The van der Waals surface area contributed by atoms with Gasteiger partial charge >= 0.3 is 0 Å². The quantitative estimate of drug-likeness (QED) is 0.621. The van der Waals surface area contributed by atoms with Crippen LogP contribution in [0.5, 0.6) is 0 Å². The van der Waals surface area contributed by atoms with E-state index in [9.17, 15) is 0 Å². The highest BCUT2D eigenvalue weighted by Gasteiger charge is 2.07. The fourth-order valence-corrected chi connectivity index (χ4v) is 2.75. The summed E-state index contributed by atoms with van der Waals surface area (Å²) in [6, 6.07) is 8.19. The second-order valence-corrected chi connectivity index (χ2v) is 5.68. The van der Waals surface area contributed by atoms with Crippen LogP contribution in [-0.4, -0.2) is 23.4 Å². The van der Waals surface area contributed by atoms with Crippen LogP contribution in [0.2, 0.25) is 0 Å². The Hall–Kier alpha value is -1.26. The Labute approximate surface area is 111 Å². The smallest absolute Gasteiger partial charge is 0.0542 e. The Morgan fingerprint density at radius 2 is 2.00 bits per heavy atom. The normalized spacial score (nSPS) is 10.2. The number of anilines is 1. The molecule has 4 heteroatoms. The minimum atomic E-state index is 0.763. The van der Waals surface area contributed by atoms with E-state index in [-0.39, 0.29) is 0 Å². The maximum absolute atomic E-state index is 5.46. The van der Waals surface area contributed by atoms with Crippen molar-refractivity contribution >= 4 is 34.1 Å². The largest absolute Gasteiger partial charge is 0.369 e. The second-order valence-electron chi connectivity index (χ2n) is 3.89. The molecule has 2 aromatic rings. The van der Waals surface area contributed by atoms with Gasteiger partial charge in [0.05, 0.1) is 11.4 Å². The predicted octanol–water partition coefficient (Wildman–Crippen LogP) is 3.31. The van der Waals surface area contributed by atoms with Crippen LogP contribution in [0.15, 0.2) is 36.7 Å².